The fourth-order valence-corrected chi connectivity index (χ4v) is 4.86. The lowest BCUT2D eigenvalue weighted by Gasteiger charge is -2.32. The average Bonchev–Trinajstić information content (AvgIpc) is 2.90. The number of aliphatic hydroxyl groups is 2. The second-order valence-corrected chi connectivity index (χ2v) is 10.7. The average molecular weight is 638 g/mol. The number of pyridine rings is 1. The van der Waals surface area contributed by atoms with Gasteiger partial charge in [0.25, 0.3) is 0 Å². The maximum atomic E-state index is 13.8. The molecular formula is C28H27Cl2F6N3O3. The molecule has 1 aromatic heterocycles. The van der Waals surface area contributed by atoms with Crippen LogP contribution in [0, 0.1) is 0 Å². The highest BCUT2D eigenvalue weighted by atomic mass is 35.5. The van der Waals surface area contributed by atoms with Crippen molar-refractivity contribution in [1.29, 1.82) is 0 Å². The normalized spacial score (nSPS) is 12.4. The SMILES string of the molecule is CN(C(=O)C(C)(C)c1cc(C(F)(F)F)cc(C(F)(F)F)c1)c1cnc(N(CCO)CCO)cc1-c1ccc(Cl)cc1Cl. The van der Waals surface area contributed by atoms with Gasteiger partial charge in [0.05, 0.1) is 41.6 Å². The third-order valence-corrected chi connectivity index (χ3v) is 7.21. The van der Waals surface area contributed by atoms with E-state index in [1.165, 1.54) is 33.2 Å². The first-order valence-electron chi connectivity index (χ1n) is 12.4. The number of carbonyl (C=O) groups is 1. The van der Waals surface area contributed by atoms with Gasteiger partial charge >= 0.3 is 12.4 Å². The molecule has 1 heterocycles. The van der Waals surface area contributed by atoms with Gasteiger partial charge in [0.1, 0.15) is 5.82 Å². The Morgan fingerprint density at radius 2 is 1.36 bits per heavy atom. The van der Waals surface area contributed by atoms with Crippen molar-refractivity contribution in [2.45, 2.75) is 31.6 Å². The van der Waals surface area contributed by atoms with Crippen molar-refractivity contribution in [2.24, 2.45) is 0 Å². The molecule has 228 valence electrons. The van der Waals surface area contributed by atoms with Crippen LogP contribution >= 0.6 is 23.2 Å². The molecule has 0 unspecified atom stereocenters. The number of hydrogen-bond acceptors (Lipinski definition) is 5. The molecule has 0 radical (unpaired) electrons. The molecule has 3 aromatic rings. The molecular weight excluding hydrogens is 611 g/mol. The third kappa shape index (κ3) is 7.28. The fourth-order valence-electron chi connectivity index (χ4n) is 4.35. The van der Waals surface area contributed by atoms with Gasteiger partial charge in [-0.05, 0) is 55.8 Å². The Labute approximate surface area is 248 Å². The van der Waals surface area contributed by atoms with Crippen molar-refractivity contribution < 1.29 is 41.4 Å². The largest absolute Gasteiger partial charge is 0.416 e. The molecule has 0 saturated carbocycles. The van der Waals surface area contributed by atoms with E-state index < -0.39 is 40.4 Å². The lowest BCUT2D eigenvalue weighted by Crippen LogP contribution is -2.42. The zero-order chi connectivity index (χ0) is 31.6. The van der Waals surface area contributed by atoms with E-state index in [4.69, 9.17) is 23.2 Å². The number of benzene rings is 2. The standard InChI is InChI=1S/C28H27Cl2F6N3O3/c1-26(2,16-10-17(27(31,32)33)12-18(11-16)28(34,35)36)25(42)38(3)23-15-37-24(39(6-8-40)7-9-41)14-21(23)20-5-4-19(29)13-22(20)30/h4-5,10-15,40-41H,6-9H2,1-3H3. The Kier molecular flexibility index (Phi) is 10.1. The number of anilines is 2. The summed E-state index contributed by atoms with van der Waals surface area (Å²) in [5, 5.41) is 19.4. The van der Waals surface area contributed by atoms with Gasteiger partial charge in [-0.15, -0.1) is 0 Å². The maximum absolute atomic E-state index is 13.8. The summed E-state index contributed by atoms with van der Waals surface area (Å²) >= 11 is 12.5. The first-order chi connectivity index (χ1) is 19.4. The number of rotatable bonds is 9. The molecule has 0 fully saturated rings. The Bertz CT molecular complexity index is 1410. The van der Waals surface area contributed by atoms with Gasteiger partial charge in [-0.25, -0.2) is 4.98 Å². The van der Waals surface area contributed by atoms with Crippen molar-refractivity contribution in [3.05, 3.63) is 75.4 Å². The molecule has 42 heavy (non-hydrogen) atoms. The van der Waals surface area contributed by atoms with Crippen LogP contribution in [0.1, 0.15) is 30.5 Å². The van der Waals surface area contributed by atoms with E-state index in [1.54, 1.807) is 23.1 Å². The van der Waals surface area contributed by atoms with Gasteiger partial charge in [0.15, 0.2) is 0 Å². The highest BCUT2D eigenvalue weighted by Crippen LogP contribution is 2.42. The van der Waals surface area contributed by atoms with Crippen LogP contribution in [0.2, 0.25) is 10.0 Å². The highest BCUT2D eigenvalue weighted by Gasteiger charge is 2.41. The number of alkyl halides is 6. The second-order valence-electron chi connectivity index (χ2n) is 9.90. The molecule has 2 N–H and O–H groups in total. The Morgan fingerprint density at radius 1 is 0.833 bits per heavy atom. The molecule has 0 bridgehead atoms. The van der Waals surface area contributed by atoms with Crippen LogP contribution in [0.4, 0.5) is 37.8 Å². The van der Waals surface area contributed by atoms with E-state index in [9.17, 15) is 41.4 Å². The van der Waals surface area contributed by atoms with Crippen LogP contribution < -0.4 is 9.80 Å². The van der Waals surface area contributed by atoms with Crippen LogP contribution in [0.3, 0.4) is 0 Å². The summed E-state index contributed by atoms with van der Waals surface area (Å²) in [6, 6.07) is 7.16. The van der Waals surface area contributed by atoms with Crippen LogP contribution in [-0.4, -0.2) is 54.5 Å². The van der Waals surface area contributed by atoms with Gasteiger partial charge in [0.2, 0.25) is 5.91 Å². The first-order valence-corrected chi connectivity index (χ1v) is 13.2. The van der Waals surface area contributed by atoms with Crippen molar-refractivity contribution in [3.8, 4) is 11.1 Å². The fraction of sp³-hybridized carbons (Fsp3) is 0.357. The number of halogens is 8. The van der Waals surface area contributed by atoms with Gasteiger partial charge in [0, 0.05) is 41.3 Å². The van der Waals surface area contributed by atoms with Crippen molar-refractivity contribution in [1.82, 2.24) is 4.98 Å². The molecule has 3 rings (SSSR count). The van der Waals surface area contributed by atoms with E-state index in [-0.39, 0.29) is 43.1 Å². The van der Waals surface area contributed by atoms with Crippen LogP contribution in [0.5, 0.6) is 0 Å². The number of aliphatic hydroxyl groups excluding tert-OH is 2. The quantitative estimate of drug-likeness (QED) is 0.252. The molecule has 1 amide bonds. The lowest BCUT2D eigenvalue weighted by atomic mass is 9.81. The summed E-state index contributed by atoms with van der Waals surface area (Å²) in [5.74, 6) is -0.533. The molecule has 0 saturated heterocycles. The van der Waals surface area contributed by atoms with E-state index >= 15 is 0 Å². The molecule has 2 aromatic carbocycles. The topological polar surface area (TPSA) is 76.9 Å². The summed E-state index contributed by atoms with van der Waals surface area (Å²) in [6.07, 6.45) is -8.89. The maximum Gasteiger partial charge on any atom is 0.416 e. The summed E-state index contributed by atoms with van der Waals surface area (Å²) in [7, 11) is 1.31. The minimum Gasteiger partial charge on any atom is -0.395 e. The van der Waals surface area contributed by atoms with Gasteiger partial charge in [-0.2, -0.15) is 26.3 Å². The molecule has 0 atom stereocenters. The number of nitrogens with zero attached hydrogens (tertiary/aromatic N) is 3. The van der Waals surface area contributed by atoms with E-state index in [2.05, 4.69) is 4.98 Å². The van der Waals surface area contributed by atoms with Crippen molar-refractivity contribution in [3.63, 3.8) is 0 Å². The molecule has 14 heteroatoms. The van der Waals surface area contributed by atoms with Gasteiger partial charge in [-0.1, -0.05) is 29.3 Å². The predicted molar refractivity (Wildman–Crippen MR) is 149 cm³/mol. The number of hydrogen-bond donors (Lipinski definition) is 2. The highest BCUT2D eigenvalue weighted by molar-refractivity contribution is 6.36. The number of likely N-dealkylation sites (N-methyl/N-ethyl adjacent to an activating group) is 1. The molecule has 0 aliphatic carbocycles. The summed E-state index contributed by atoms with van der Waals surface area (Å²) in [6.45, 7) is 2.15. The Balaban J connectivity index is 2.19. The van der Waals surface area contributed by atoms with Crippen LogP contribution in [0.25, 0.3) is 11.1 Å². The van der Waals surface area contributed by atoms with E-state index in [0.29, 0.717) is 34.1 Å². The smallest absolute Gasteiger partial charge is 0.395 e. The second kappa shape index (κ2) is 12.7. The van der Waals surface area contributed by atoms with Crippen LogP contribution in [0.15, 0.2) is 48.7 Å². The molecule has 0 aliphatic heterocycles. The number of aromatic nitrogens is 1. The lowest BCUT2D eigenvalue weighted by molar-refractivity contribution is -0.143. The van der Waals surface area contributed by atoms with E-state index in [0.717, 1.165) is 4.90 Å². The zero-order valence-electron chi connectivity index (χ0n) is 22.6. The van der Waals surface area contributed by atoms with E-state index in [1.807, 2.05) is 0 Å². The molecule has 0 spiro atoms. The van der Waals surface area contributed by atoms with Gasteiger partial charge in [-0.3, -0.25) is 4.79 Å². The summed E-state index contributed by atoms with van der Waals surface area (Å²) < 4.78 is 81.2. The first kappa shape index (κ1) is 33.4. The number of carbonyl (C=O) groups excluding carboxylic acids is 1. The van der Waals surface area contributed by atoms with Crippen molar-refractivity contribution >= 4 is 40.6 Å². The minimum absolute atomic E-state index is 0.00156. The van der Waals surface area contributed by atoms with Gasteiger partial charge < -0.3 is 20.0 Å². The summed E-state index contributed by atoms with van der Waals surface area (Å²) in [4.78, 5) is 20.8. The zero-order valence-corrected chi connectivity index (χ0v) is 24.1. The third-order valence-electron chi connectivity index (χ3n) is 6.66. The van der Waals surface area contributed by atoms with Crippen LogP contribution in [-0.2, 0) is 22.6 Å². The predicted octanol–water partition coefficient (Wildman–Crippen LogP) is 6.82. The Hall–Kier alpha value is -3.06. The molecule has 6 nitrogen and oxygen atoms in total. The van der Waals surface area contributed by atoms with Crippen molar-refractivity contribution in [2.75, 3.05) is 43.2 Å². The Morgan fingerprint density at radius 3 is 1.83 bits per heavy atom. The summed E-state index contributed by atoms with van der Waals surface area (Å²) in [5.41, 5.74) is -4.58. The number of amides is 1. The minimum atomic E-state index is -5.09. The molecule has 0 aliphatic rings. The monoisotopic (exact) mass is 637 g/mol.